The van der Waals surface area contributed by atoms with Gasteiger partial charge in [-0.1, -0.05) is 42.5 Å². The Morgan fingerprint density at radius 3 is 2.17 bits per heavy atom. The summed E-state index contributed by atoms with van der Waals surface area (Å²) in [6, 6.07) is 20.9. The highest BCUT2D eigenvalue weighted by atomic mass is 16.6. The van der Waals surface area contributed by atoms with Gasteiger partial charge in [-0.05, 0) is 48.7 Å². The molecule has 10 heteroatoms. The summed E-state index contributed by atoms with van der Waals surface area (Å²) in [5.41, 5.74) is 8.10. The largest absolute Gasteiger partial charge is 0.490 e. The van der Waals surface area contributed by atoms with Crippen LogP contribution >= 0.6 is 0 Å². The number of rotatable bonds is 13. The van der Waals surface area contributed by atoms with E-state index in [4.69, 9.17) is 35.5 Å². The predicted molar refractivity (Wildman–Crippen MR) is 154 cm³/mol. The summed E-state index contributed by atoms with van der Waals surface area (Å²) in [4.78, 5) is 26.7. The Kier molecular flexibility index (Phi) is 10.3. The molecule has 3 aromatic rings. The summed E-state index contributed by atoms with van der Waals surface area (Å²) in [6.07, 6.45) is 2.58. The van der Waals surface area contributed by atoms with E-state index in [-0.39, 0.29) is 32.3 Å². The minimum atomic E-state index is -0.539. The highest BCUT2D eigenvalue weighted by molar-refractivity contribution is 5.98. The SMILES string of the molecule is N=C(N)c1ccc(OCC(=O)OCc2ccccc2)c(OCCCOC(=O)c2ccc(C(=N)N3CCCC3)cc2)c1. The van der Waals surface area contributed by atoms with Gasteiger partial charge in [-0.3, -0.25) is 10.8 Å². The highest BCUT2D eigenvalue weighted by Gasteiger charge is 2.17. The van der Waals surface area contributed by atoms with E-state index >= 15 is 0 Å². The maximum atomic E-state index is 12.5. The maximum Gasteiger partial charge on any atom is 0.344 e. The number of nitrogens with zero attached hydrogens (tertiary/aromatic N) is 1. The van der Waals surface area contributed by atoms with Crippen LogP contribution in [0.1, 0.15) is 46.3 Å². The number of nitrogen functional groups attached to an aromatic ring is 1. The zero-order valence-corrected chi connectivity index (χ0v) is 22.8. The van der Waals surface area contributed by atoms with Gasteiger partial charge in [-0.25, -0.2) is 9.59 Å². The van der Waals surface area contributed by atoms with E-state index < -0.39 is 11.9 Å². The van der Waals surface area contributed by atoms with E-state index in [1.165, 1.54) is 0 Å². The van der Waals surface area contributed by atoms with Crippen LogP contribution in [0.2, 0.25) is 0 Å². The fraction of sp³-hybridized carbons (Fsp3) is 0.290. The zero-order chi connectivity index (χ0) is 29.0. The molecule has 1 fully saturated rings. The van der Waals surface area contributed by atoms with Crippen LogP contribution in [-0.2, 0) is 20.9 Å². The molecule has 10 nitrogen and oxygen atoms in total. The van der Waals surface area contributed by atoms with Crippen LogP contribution in [0.5, 0.6) is 11.5 Å². The van der Waals surface area contributed by atoms with Crippen molar-refractivity contribution in [3.63, 3.8) is 0 Å². The highest BCUT2D eigenvalue weighted by Crippen LogP contribution is 2.28. The number of likely N-dealkylation sites (tertiary alicyclic amines) is 1. The number of carbonyl (C=O) groups is 2. The first-order valence-electron chi connectivity index (χ1n) is 13.5. The molecule has 4 rings (SSSR count). The van der Waals surface area contributed by atoms with Crippen LogP contribution in [0.4, 0.5) is 0 Å². The van der Waals surface area contributed by atoms with Gasteiger partial charge in [0.05, 0.1) is 18.8 Å². The summed E-state index contributed by atoms with van der Waals surface area (Å²) in [5, 5.41) is 16.0. The summed E-state index contributed by atoms with van der Waals surface area (Å²) in [7, 11) is 0. The Morgan fingerprint density at radius 1 is 0.780 bits per heavy atom. The van der Waals surface area contributed by atoms with E-state index in [0.29, 0.717) is 34.9 Å². The van der Waals surface area contributed by atoms with Crippen molar-refractivity contribution in [1.82, 2.24) is 4.90 Å². The number of ether oxygens (including phenoxy) is 4. The Morgan fingerprint density at radius 2 is 1.46 bits per heavy atom. The molecule has 41 heavy (non-hydrogen) atoms. The molecule has 0 bridgehead atoms. The molecule has 1 saturated heterocycles. The average molecular weight is 559 g/mol. The lowest BCUT2D eigenvalue weighted by molar-refractivity contribution is -0.147. The van der Waals surface area contributed by atoms with Crippen molar-refractivity contribution >= 4 is 23.6 Å². The number of esters is 2. The normalized spacial score (nSPS) is 12.4. The molecule has 214 valence electrons. The zero-order valence-electron chi connectivity index (χ0n) is 22.8. The molecular weight excluding hydrogens is 524 g/mol. The van der Waals surface area contributed by atoms with E-state index in [9.17, 15) is 9.59 Å². The fourth-order valence-electron chi connectivity index (χ4n) is 4.20. The van der Waals surface area contributed by atoms with Gasteiger partial charge in [0.1, 0.15) is 18.3 Å². The number of amidine groups is 2. The number of nitrogens with two attached hydrogens (primary N) is 1. The van der Waals surface area contributed by atoms with Crippen LogP contribution in [0, 0.1) is 10.8 Å². The smallest absolute Gasteiger partial charge is 0.344 e. The summed E-state index contributed by atoms with van der Waals surface area (Å²) in [6.45, 7) is 1.91. The lowest BCUT2D eigenvalue weighted by Gasteiger charge is -2.18. The Bertz CT molecular complexity index is 1350. The molecule has 0 radical (unpaired) electrons. The summed E-state index contributed by atoms with van der Waals surface area (Å²) >= 11 is 0. The Labute approximate surface area is 239 Å². The van der Waals surface area contributed by atoms with Gasteiger partial charge in [-0.15, -0.1) is 0 Å². The Hall–Kier alpha value is -4.86. The van der Waals surface area contributed by atoms with Crippen molar-refractivity contribution in [2.24, 2.45) is 5.73 Å². The minimum absolute atomic E-state index is 0.124. The number of hydrogen-bond acceptors (Lipinski definition) is 8. The second-order valence-electron chi connectivity index (χ2n) is 9.47. The first kappa shape index (κ1) is 29.1. The molecule has 0 spiro atoms. The average Bonchev–Trinajstić information content (AvgIpc) is 3.54. The summed E-state index contributed by atoms with van der Waals surface area (Å²) < 4.78 is 22.1. The third-order valence-electron chi connectivity index (χ3n) is 6.44. The molecule has 0 unspecified atom stereocenters. The standard InChI is InChI=1S/C31H34N4O6/c32-29(33)25-13-14-26(40-21-28(36)41-20-22-7-2-1-3-8-22)27(19-25)38-17-6-18-39-31(37)24-11-9-23(10-12-24)30(34)35-15-4-5-16-35/h1-3,7-14,19,34H,4-6,15-18,20-21H2,(H3,32,33). The minimum Gasteiger partial charge on any atom is -0.490 e. The van der Waals surface area contributed by atoms with Crippen LogP contribution in [0.25, 0.3) is 0 Å². The van der Waals surface area contributed by atoms with Crippen LogP contribution in [-0.4, -0.2) is 61.4 Å². The van der Waals surface area contributed by atoms with E-state index in [0.717, 1.165) is 37.1 Å². The van der Waals surface area contributed by atoms with Crippen molar-refractivity contribution in [1.29, 1.82) is 10.8 Å². The van der Waals surface area contributed by atoms with Crippen LogP contribution < -0.4 is 15.2 Å². The van der Waals surface area contributed by atoms with Gasteiger partial charge in [0, 0.05) is 30.6 Å². The molecule has 4 N–H and O–H groups in total. The lowest BCUT2D eigenvalue weighted by atomic mass is 10.1. The van der Waals surface area contributed by atoms with Crippen molar-refractivity contribution in [3.8, 4) is 11.5 Å². The van der Waals surface area contributed by atoms with Gasteiger partial charge in [0.25, 0.3) is 0 Å². The molecule has 1 aliphatic rings. The quantitative estimate of drug-likeness (QED) is 0.123. The maximum absolute atomic E-state index is 12.5. The third kappa shape index (κ3) is 8.56. The van der Waals surface area contributed by atoms with Gasteiger partial charge < -0.3 is 29.6 Å². The van der Waals surface area contributed by atoms with E-state index in [2.05, 4.69) is 0 Å². The molecule has 0 aliphatic carbocycles. The van der Waals surface area contributed by atoms with Crippen LogP contribution in [0.3, 0.4) is 0 Å². The van der Waals surface area contributed by atoms with E-state index in [1.54, 1.807) is 42.5 Å². The molecule has 0 saturated carbocycles. The fourth-order valence-corrected chi connectivity index (χ4v) is 4.20. The summed E-state index contributed by atoms with van der Waals surface area (Å²) in [5.74, 6) is -0.0664. The van der Waals surface area contributed by atoms with Crippen molar-refractivity contribution in [2.75, 3.05) is 32.9 Å². The van der Waals surface area contributed by atoms with Crippen molar-refractivity contribution < 1.29 is 28.5 Å². The first-order chi connectivity index (χ1) is 19.9. The molecular formula is C31H34N4O6. The van der Waals surface area contributed by atoms with Gasteiger partial charge in [0.15, 0.2) is 18.1 Å². The second-order valence-corrected chi connectivity index (χ2v) is 9.47. The van der Waals surface area contributed by atoms with Crippen molar-refractivity contribution in [3.05, 3.63) is 95.1 Å². The monoisotopic (exact) mass is 558 g/mol. The number of benzene rings is 3. The van der Waals surface area contributed by atoms with Gasteiger partial charge >= 0.3 is 11.9 Å². The molecule has 1 aliphatic heterocycles. The lowest BCUT2D eigenvalue weighted by Crippen LogP contribution is -2.27. The molecule has 1 heterocycles. The molecule has 0 aromatic heterocycles. The predicted octanol–water partition coefficient (Wildman–Crippen LogP) is 4.14. The Balaban J connectivity index is 1.23. The number of nitrogens with one attached hydrogen (secondary N) is 2. The third-order valence-corrected chi connectivity index (χ3v) is 6.44. The van der Waals surface area contributed by atoms with Gasteiger partial charge in [-0.2, -0.15) is 0 Å². The van der Waals surface area contributed by atoms with Crippen molar-refractivity contribution in [2.45, 2.75) is 25.9 Å². The topological polar surface area (TPSA) is 148 Å². The molecule has 3 aromatic carbocycles. The first-order valence-corrected chi connectivity index (χ1v) is 13.5. The van der Waals surface area contributed by atoms with E-state index in [1.807, 2.05) is 35.2 Å². The van der Waals surface area contributed by atoms with Gasteiger partial charge in [0.2, 0.25) is 0 Å². The number of hydrogen-bond donors (Lipinski definition) is 3. The second kappa shape index (κ2) is 14.5. The number of carbonyl (C=O) groups excluding carboxylic acids is 2. The van der Waals surface area contributed by atoms with Crippen LogP contribution in [0.15, 0.2) is 72.8 Å². The molecule has 0 amide bonds. The molecule has 0 atom stereocenters.